The highest BCUT2D eigenvalue weighted by molar-refractivity contribution is 7.71. The van der Waals surface area contributed by atoms with Gasteiger partial charge in [-0.25, -0.2) is 0 Å². The van der Waals surface area contributed by atoms with Gasteiger partial charge in [0.15, 0.2) is 5.82 Å². The van der Waals surface area contributed by atoms with Gasteiger partial charge in [-0.1, -0.05) is 6.92 Å². The van der Waals surface area contributed by atoms with Crippen LogP contribution in [0.15, 0.2) is 29.4 Å². The summed E-state index contributed by atoms with van der Waals surface area (Å²) in [4.78, 5) is 10.8. The first-order valence-electron chi connectivity index (χ1n) is 6.59. The molecule has 1 aromatic heterocycles. The highest BCUT2D eigenvalue weighted by Crippen LogP contribution is 2.11. The zero-order valence-corrected chi connectivity index (χ0v) is 12.7. The number of nitrogens with zero attached hydrogens (tertiary/aromatic N) is 3. The number of ether oxygens (including phenoxy) is 1. The average molecular weight is 304 g/mol. The van der Waals surface area contributed by atoms with Gasteiger partial charge in [0.2, 0.25) is 4.77 Å². The van der Waals surface area contributed by atoms with Gasteiger partial charge in [0.25, 0.3) is 0 Å². The molecule has 0 aliphatic rings. The van der Waals surface area contributed by atoms with Gasteiger partial charge in [-0.15, -0.1) is 0 Å². The second-order valence-corrected chi connectivity index (χ2v) is 4.80. The lowest BCUT2D eigenvalue weighted by Gasteiger charge is -2.01. The van der Waals surface area contributed by atoms with Crippen molar-refractivity contribution in [1.82, 2.24) is 14.9 Å². The third kappa shape index (κ3) is 4.09. The van der Waals surface area contributed by atoms with Gasteiger partial charge in [0.1, 0.15) is 5.75 Å². The van der Waals surface area contributed by atoms with Crippen molar-refractivity contribution in [2.24, 2.45) is 5.10 Å². The van der Waals surface area contributed by atoms with E-state index in [4.69, 9.17) is 17.0 Å². The summed E-state index contributed by atoms with van der Waals surface area (Å²) in [5.41, 5.74) is 0.872. The molecule has 0 amide bonds. The van der Waals surface area contributed by atoms with E-state index in [1.807, 2.05) is 12.1 Å². The zero-order valence-electron chi connectivity index (χ0n) is 11.9. The van der Waals surface area contributed by atoms with E-state index in [0.29, 0.717) is 10.5 Å². The number of aryl methyl sites for hydroxylation is 1. The average Bonchev–Trinajstić information content (AvgIpc) is 2.79. The summed E-state index contributed by atoms with van der Waals surface area (Å²) in [6.45, 7) is 3.44. The van der Waals surface area contributed by atoms with Crippen molar-refractivity contribution in [3.63, 3.8) is 0 Å². The van der Waals surface area contributed by atoms with Crippen molar-refractivity contribution in [3.05, 3.63) is 40.4 Å². The molecule has 0 saturated carbocycles. The number of carbonyl (C=O) groups excluding carboxylic acids is 1. The van der Waals surface area contributed by atoms with Crippen molar-refractivity contribution >= 4 is 24.4 Å². The molecule has 6 nitrogen and oxygen atoms in total. The van der Waals surface area contributed by atoms with Crippen molar-refractivity contribution in [3.8, 4) is 5.75 Å². The van der Waals surface area contributed by atoms with Crippen LogP contribution < -0.4 is 4.74 Å². The van der Waals surface area contributed by atoms with Gasteiger partial charge in [0, 0.05) is 13.3 Å². The number of esters is 1. The summed E-state index contributed by atoms with van der Waals surface area (Å²) >= 11 is 5.14. The second-order valence-electron chi connectivity index (χ2n) is 4.41. The normalized spacial score (nSPS) is 11.0. The molecular formula is C14H16N4O2S. The fraction of sp³-hybridized carbons (Fsp3) is 0.286. The Morgan fingerprint density at radius 2 is 2.19 bits per heavy atom. The maximum Gasteiger partial charge on any atom is 0.308 e. The number of benzene rings is 1. The van der Waals surface area contributed by atoms with Gasteiger partial charge in [0.05, 0.1) is 6.21 Å². The molecule has 1 aromatic carbocycles. The van der Waals surface area contributed by atoms with Crippen LogP contribution in [0.25, 0.3) is 0 Å². The molecule has 0 unspecified atom stereocenters. The van der Waals surface area contributed by atoms with Crippen molar-refractivity contribution in [2.45, 2.75) is 26.7 Å². The Bertz CT molecular complexity index is 701. The molecule has 7 heteroatoms. The Morgan fingerprint density at radius 3 is 2.81 bits per heavy atom. The number of hydrogen-bond donors (Lipinski definition) is 1. The molecule has 0 radical (unpaired) electrons. The molecule has 0 saturated heterocycles. The van der Waals surface area contributed by atoms with Crippen LogP contribution in [0.2, 0.25) is 0 Å². The standard InChI is InChI=1S/C14H16N4O2S/c1-3-4-13-16-17-14(21)18(13)15-9-11-5-7-12(8-6-11)20-10(2)19/h5-9H,3-4H2,1-2H3,(H,17,21)/b15-9-. The smallest absolute Gasteiger partial charge is 0.308 e. The Balaban J connectivity index is 2.16. The van der Waals surface area contributed by atoms with E-state index in [-0.39, 0.29) is 5.97 Å². The monoisotopic (exact) mass is 304 g/mol. The molecule has 0 spiro atoms. The number of nitrogens with one attached hydrogen (secondary N) is 1. The Morgan fingerprint density at radius 1 is 1.48 bits per heavy atom. The number of H-pyrrole nitrogens is 1. The minimum absolute atomic E-state index is 0.342. The molecule has 1 N–H and O–H groups in total. The van der Waals surface area contributed by atoms with Crippen LogP contribution >= 0.6 is 12.2 Å². The van der Waals surface area contributed by atoms with Crippen LogP contribution in [0.4, 0.5) is 0 Å². The SMILES string of the molecule is CCCc1n[nH]c(=S)n1/N=C\c1ccc(OC(C)=O)cc1. The van der Waals surface area contributed by atoms with E-state index in [0.717, 1.165) is 24.2 Å². The molecule has 21 heavy (non-hydrogen) atoms. The van der Waals surface area contributed by atoms with E-state index in [9.17, 15) is 4.79 Å². The van der Waals surface area contributed by atoms with Crippen molar-refractivity contribution in [1.29, 1.82) is 0 Å². The molecule has 0 aliphatic heterocycles. The minimum Gasteiger partial charge on any atom is -0.427 e. The highest BCUT2D eigenvalue weighted by Gasteiger charge is 2.03. The second kappa shape index (κ2) is 6.94. The fourth-order valence-corrected chi connectivity index (χ4v) is 1.94. The third-order valence-corrected chi connectivity index (χ3v) is 2.92. The summed E-state index contributed by atoms with van der Waals surface area (Å²) in [6.07, 6.45) is 3.45. The van der Waals surface area contributed by atoms with Crippen LogP contribution in [0.5, 0.6) is 5.75 Å². The van der Waals surface area contributed by atoms with Crippen molar-refractivity contribution < 1.29 is 9.53 Å². The lowest BCUT2D eigenvalue weighted by atomic mass is 10.2. The van der Waals surface area contributed by atoms with E-state index < -0.39 is 0 Å². The third-order valence-electron chi connectivity index (χ3n) is 2.66. The topological polar surface area (TPSA) is 72.3 Å². The summed E-state index contributed by atoms with van der Waals surface area (Å²) in [5, 5.41) is 11.2. The largest absolute Gasteiger partial charge is 0.427 e. The number of hydrogen-bond acceptors (Lipinski definition) is 5. The maximum atomic E-state index is 10.8. The lowest BCUT2D eigenvalue weighted by Crippen LogP contribution is -2.01. The van der Waals surface area contributed by atoms with E-state index >= 15 is 0 Å². The summed E-state index contributed by atoms with van der Waals surface area (Å²) in [5.74, 6) is 0.965. The van der Waals surface area contributed by atoms with Crippen LogP contribution in [-0.2, 0) is 11.2 Å². The van der Waals surface area contributed by atoms with Crippen LogP contribution in [0, 0.1) is 4.77 Å². The van der Waals surface area contributed by atoms with E-state index in [1.165, 1.54) is 6.92 Å². The molecule has 0 aliphatic carbocycles. The summed E-state index contributed by atoms with van der Waals surface area (Å²) < 4.78 is 7.04. The van der Waals surface area contributed by atoms with Crippen LogP contribution in [0.3, 0.4) is 0 Å². The van der Waals surface area contributed by atoms with Crippen LogP contribution in [0.1, 0.15) is 31.7 Å². The molecule has 2 aromatic rings. The lowest BCUT2D eigenvalue weighted by molar-refractivity contribution is -0.131. The quantitative estimate of drug-likeness (QED) is 0.399. The highest BCUT2D eigenvalue weighted by atomic mass is 32.1. The van der Waals surface area contributed by atoms with Gasteiger partial charge in [-0.2, -0.15) is 14.9 Å². The minimum atomic E-state index is -0.342. The predicted molar refractivity (Wildman–Crippen MR) is 82.1 cm³/mol. The Labute approximate surface area is 127 Å². The van der Waals surface area contributed by atoms with E-state index in [1.54, 1.807) is 23.0 Å². The first-order valence-corrected chi connectivity index (χ1v) is 7.00. The zero-order chi connectivity index (χ0) is 15.2. The fourth-order valence-electron chi connectivity index (χ4n) is 1.74. The number of rotatable bonds is 5. The Kier molecular flexibility index (Phi) is 4.99. The van der Waals surface area contributed by atoms with Crippen LogP contribution in [-0.4, -0.2) is 27.1 Å². The number of aromatic nitrogens is 3. The predicted octanol–water partition coefficient (Wildman–Crippen LogP) is 2.70. The molecule has 2 rings (SSSR count). The molecule has 110 valence electrons. The number of aromatic amines is 1. The summed E-state index contributed by atoms with van der Waals surface area (Å²) in [7, 11) is 0. The van der Waals surface area contributed by atoms with Crippen molar-refractivity contribution in [2.75, 3.05) is 0 Å². The van der Waals surface area contributed by atoms with Gasteiger partial charge in [-0.3, -0.25) is 9.89 Å². The van der Waals surface area contributed by atoms with Gasteiger partial charge >= 0.3 is 5.97 Å². The first kappa shape index (κ1) is 15.1. The maximum absolute atomic E-state index is 10.8. The first-order chi connectivity index (χ1) is 10.1. The van der Waals surface area contributed by atoms with E-state index in [2.05, 4.69) is 22.2 Å². The number of carbonyl (C=O) groups is 1. The molecule has 0 fully saturated rings. The molecular weight excluding hydrogens is 288 g/mol. The molecule has 0 bridgehead atoms. The summed E-state index contributed by atoms with van der Waals surface area (Å²) in [6, 6.07) is 7.05. The van der Waals surface area contributed by atoms with Gasteiger partial charge < -0.3 is 4.74 Å². The van der Waals surface area contributed by atoms with Gasteiger partial charge in [-0.05, 0) is 48.5 Å². The Hall–Kier alpha value is -2.28. The molecule has 1 heterocycles. The molecule has 0 atom stereocenters.